The molecule has 0 spiro atoms. The van der Waals surface area contributed by atoms with Crippen molar-refractivity contribution >= 4 is 18.5 Å². The Balaban J connectivity index is 0.00000242. The number of hydrogen-bond acceptors (Lipinski definition) is 3. The largest absolute Gasteiger partial charge is 0.444 e. The highest BCUT2D eigenvalue weighted by atomic mass is 35.5. The van der Waals surface area contributed by atoms with Gasteiger partial charge < -0.3 is 15.4 Å². The maximum Gasteiger partial charge on any atom is 0.410 e. The maximum absolute atomic E-state index is 12.0. The van der Waals surface area contributed by atoms with Crippen molar-refractivity contribution in [2.24, 2.45) is 5.73 Å². The number of amides is 1. The quantitative estimate of drug-likeness (QED) is 0.902. The van der Waals surface area contributed by atoms with Crippen LogP contribution in [0.5, 0.6) is 0 Å². The number of carbonyl (C=O) groups is 1. The molecule has 2 rings (SSSR count). The molecule has 5 heteroatoms. The molecule has 0 saturated carbocycles. The molecule has 0 aliphatic carbocycles. The van der Waals surface area contributed by atoms with E-state index in [1.54, 1.807) is 0 Å². The monoisotopic (exact) mass is 326 g/mol. The van der Waals surface area contributed by atoms with Gasteiger partial charge in [0.1, 0.15) is 5.60 Å². The lowest BCUT2D eigenvalue weighted by Crippen LogP contribution is -2.41. The summed E-state index contributed by atoms with van der Waals surface area (Å²) in [6.45, 7) is 7.80. The number of likely N-dealkylation sites (tertiary alicyclic amines) is 1. The molecule has 1 aliphatic rings. The van der Waals surface area contributed by atoms with E-state index in [9.17, 15) is 4.79 Å². The molecule has 1 aliphatic heterocycles. The highest BCUT2D eigenvalue weighted by Crippen LogP contribution is 2.28. The topological polar surface area (TPSA) is 55.6 Å². The van der Waals surface area contributed by atoms with Crippen molar-refractivity contribution in [2.75, 3.05) is 13.1 Å². The number of piperidine rings is 1. The summed E-state index contributed by atoms with van der Waals surface area (Å²) in [6, 6.07) is 8.51. The molecule has 124 valence electrons. The first kappa shape index (κ1) is 18.8. The molecule has 0 aromatic heterocycles. The Labute approximate surface area is 139 Å². The molecular weight excluding hydrogens is 300 g/mol. The molecule has 1 heterocycles. The van der Waals surface area contributed by atoms with E-state index < -0.39 is 5.60 Å². The number of halogens is 1. The number of nitrogens with zero attached hydrogens (tertiary/aromatic N) is 1. The zero-order valence-corrected chi connectivity index (χ0v) is 14.5. The minimum atomic E-state index is -0.425. The van der Waals surface area contributed by atoms with Crippen LogP contribution in [0.2, 0.25) is 0 Å². The van der Waals surface area contributed by atoms with Crippen LogP contribution < -0.4 is 5.73 Å². The van der Waals surface area contributed by atoms with Crippen LogP contribution in [0.3, 0.4) is 0 Å². The first-order valence-corrected chi connectivity index (χ1v) is 7.66. The van der Waals surface area contributed by atoms with E-state index in [0.717, 1.165) is 31.5 Å². The van der Waals surface area contributed by atoms with Crippen LogP contribution in [0.15, 0.2) is 24.3 Å². The van der Waals surface area contributed by atoms with Gasteiger partial charge in [0.2, 0.25) is 0 Å². The Morgan fingerprint density at radius 1 is 1.23 bits per heavy atom. The van der Waals surface area contributed by atoms with E-state index in [2.05, 4.69) is 24.3 Å². The van der Waals surface area contributed by atoms with Gasteiger partial charge in [-0.15, -0.1) is 12.4 Å². The molecule has 0 bridgehead atoms. The maximum atomic E-state index is 12.0. The van der Waals surface area contributed by atoms with E-state index in [1.165, 1.54) is 5.56 Å². The zero-order chi connectivity index (χ0) is 15.5. The summed E-state index contributed by atoms with van der Waals surface area (Å²) in [5.74, 6) is 0.524. The van der Waals surface area contributed by atoms with Crippen LogP contribution in [0.4, 0.5) is 4.79 Å². The van der Waals surface area contributed by atoms with Crippen molar-refractivity contribution in [2.45, 2.75) is 51.7 Å². The highest BCUT2D eigenvalue weighted by molar-refractivity contribution is 5.85. The molecule has 1 aromatic carbocycles. The van der Waals surface area contributed by atoms with E-state index in [0.29, 0.717) is 12.5 Å². The first-order valence-electron chi connectivity index (χ1n) is 7.66. The van der Waals surface area contributed by atoms with Crippen LogP contribution in [0.1, 0.15) is 50.7 Å². The minimum Gasteiger partial charge on any atom is -0.444 e. The summed E-state index contributed by atoms with van der Waals surface area (Å²) >= 11 is 0. The molecule has 1 amide bonds. The standard InChI is InChI=1S/C17H26N2O2.ClH/c1-17(2,3)21-16(20)19-10-8-15(9-11-19)14-6-4-13(12-18)5-7-14;/h4-7,15H,8-12,18H2,1-3H3;1H. The number of nitrogens with two attached hydrogens (primary N) is 1. The van der Waals surface area contributed by atoms with Crippen molar-refractivity contribution < 1.29 is 9.53 Å². The van der Waals surface area contributed by atoms with Crippen molar-refractivity contribution in [3.63, 3.8) is 0 Å². The van der Waals surface area contributed by atoms with Crippen molar-refractivity contribution in [1.82, 2.24) is 4.90 Å². The number of ether oxygens (including phenoxy) is 1. The number of carbonyl (C=O) groups excluding carboxylic acids is 1. The van der Waals surface area contributed by atoms with Crippen LogP contribution in [0, 0.1) is 0 Å². The highest BCUT2D eigenvalue weighted by Gasteiger charge is 2.27. The molecule has 0 radical (unpaired) electrons. The van der Waals surface area contributed by atoms with E-state index in [1.807, 2.05) is 25.7 Å². The fraction of sp³-hybridized carbons (Fsp3) is 0.588. The van der Waals surface area contributed by atoms with Crippen molar-refractivity contribution in [3.8, 4) is 0 Å². The van der Waals surface area contributed by atoms with E-state index >= 15 is 0 Å². The molecule has 1 saturated heterocycles. The van der Waals surface area contributed by atoms with Gasteiger partial charge in [-0.05, 0) is 50.7 Å². The molecule has 2 N–H and O–H groups in total. The summed E-state index contributed by atoms with van der Waals surface area (Å²) in [7, 11) is 0. The Kier molecular flexibility index (Phi) is 6.69. The van der Waals surface area contributed by atoms with Crippen molar-refractivity contribution in [3.05, 3.63) is 35.4 Å². The van der Waals surface area contributed by atoms with Gasteiger partial charge in [-0.2, -0.15) is 0 Å². The lowest BCUT2D eigenvalue weighted by atomic mass is 9.89. The number of rotatable bonds is 2. The van der Waals surface area contributed by atoms with Gasteiger partial charge in [-0.1, -0.05) is 24.3 Å². The predicted molar refractivity (Wildman–Crippen MR) is 91.4 cm³/mol. The molecule has 4 nitrogen and oxygen atoms in total. The van der Waals surface area contributed by atoms with Gasteiger partial charge in [0.05, 0.1) is 0 Å². The zero-order valence-electron chi connectivity index (χ0n) is 13.7. The summed E-state index contributed by atoms with van der Waals surface area (Å²) in [5, 5.41) is 0. The average Bonchev–Trinajstić information content (AvgIpc) is 2.46. The van der Waals surface area contributed by atoms with Gasteiger partial charge in [0, 0.05) is 19.6 Å². The van der Waals surface area contributed by atoms with Gasteiger partial charge in [0.25, 0.3) is 0 Å². The third-order valence-corrected chi connectivity index (χ3v) is 3.83. The van der Waals surface area contributed by atoms with E-state index in [4.69, 9.17) is 10.5 Å². The minimum absolute atomic E-state index is 0. The third kappa shape index (κ3) is 5.18. The van der Waals surface area contributed by atoms with Crippen molar-refractivity contribution in [1.29, 1.82) is 0 Å². The Bertz CT molecular complexity index is 474. The SMILES string of the molecule is CC(C)(C)OC(=O)N1CCC(c2ccc(CN)cc2)CC1.Cl. The number of hydrogen-bond donors (Lipinski definition) is 1. The van der Waals surface area contributed by atoms with Crippen LogP contribution in [0.25, 0.3) is 0 Å². The van der Waals surface area contributed by atoms with Crippen LogP contribution in [-0.4, -0.2) is 29.7 Å². The summed E-state index contributed by atoms with van der Waals surface area (Å²) in [5.41, 5.74) is 7.70. The second-order valence-corrected chi connectivity index (χ2v) is 6.69. The third-order valence-electron chi connectivity index (χ3n) is 3.83. The summed E-state index contributed by atoms with van der Waals surface area (Å²) < 4.78 is 5.42. The second kappa shape index (κ2) is 7.84. The predicted octanol–water partition coefficient (Wildman–Crippen LogP) is 3.68. The van der Waals surface area contributed by atoms with E-state index in [-0.39, 0.29) is 18.5 Å². The van der Waals surface area contributed by atoms with Gasteiger partial charge in [-0.3, -0.25) is 0 Å². The second-order valence-electron chi connectivity index (χ2n) is 6.69. The fourth-order valence-corrected chi connectivity index (χ4v) is 2.65. The van der Waals surface area contributed by atoms with Gasteiger partial charge in [0.15, 0.2) is 0 Å². The average molecular weight is 327 g/mol. The molecule has 0 unspecified atom stereocenters. The molecule has 0 atom stereocenters. The Morgan fingerprint density at radius 2 is 1.77 bits per heavy atom. The lowest BCUT2D eigenvalue weighted by Gasteiger charge is -2.33. The molecule has 22 heavy (non-hydrogen) atoms. The van der Waals surface area contributed by atoms with Gasteiger partial charge >= 0.3 is 6.09 Å². The normalized spacial score (nSPS) is 16.1. The number of benzene rings is 1. The molecular formula is C17H27ClN2O2. The fourth-order valence-electron chi connectivity index (χ4n) is 2.65. The molecule has 1 aromatic rings. The smallest absolute Gasteiger partial charge is 0.410 e. The summed E-state index contributed by atoms with van der Waals surface area (Å²) in [4.78, 5) is 13.8. The molecule has 1 fully saturated rings. The van der Waals surface area contributed by atoms with Crippen LogP contribution in [-0.2, 0) is 11.3 Å². The lowest BCUT2D eigenvalue weighted by molar-refractivity contribution is 0.0205. The van der Waals surface area contributed by atoms with Crippen LogP contribution >= 0.6 is 12.4 Å². The van der Waals surface area contributed by atoms with Gasteiger partial charge in [-0.25, -0.2) is 4.79 Å². The summed E-state index contributed by atoms with van der Waals surface area (Å²) in [6.07, 6.45) is 1.78. The Hall–Kier alpha value is -1.26. The Morgan fingerprint density at radius 3 is 2.23 bits per heavy atom. The first-order chi connectivity index (χ1) is 9.89.